The van der Waals surface area contributed by atoms with Gasteiger partial charge in [0, 0.05) is 17.8 Å². The molecule has 0 fully saturated rings. The molecule has 1 atom stereocenters. The summed E-state index contributed by atoms with van der Waals surface area (Å²) in [5, 5.41) is 5.60. The highest BCUT2D eigenvalue weighted by molar-refractivity contribution is 6.05. The number of carbonyl (C=O) groups excluding carboxylic acids is 2. The first-order valence-electron chi connectivity index (χ1n) is 7.76. The Hall–Kier alpha value is -2.89. The number of pyridine rings is 1. The molecule has 0 aliphatic carbocycles. The number of aromatic nitrogens is 1. The van der Waals surface area contributed by atoms with E-state index >= 15 is 0 Å². The van der Waals surface area contributed by atoms with Crippen LogP contribution >= 0.6 is 0 Å². The van der Waals surface area contributed by atoms with E-state index in [4.69, 9.17) is 4.74 Å². The standard InChI is InChI=1S/C18H21N3O3/c1-4-12(2)20-17(22)13-9-10-19-15(11-13)18(23)21-14-7-5-6-8-16(14)24-3/h5-12H,4H2,1-3H3,(H,20,22)(H,21,23). The van der Waals surface area contributed by atoms with Crippen molar-refractivity contribution in [3.8, 4) is 5.75 Å². The summed E-state index contributed by atoms with van der Waals surface area (Å²) >= 11 is 0. The van der Waals surface area contributed by atoms with Gasteiger partial charge in [-0.1, -0.05) is 19.1 Å². The van der Waals surface area contributed by atoms with Crippen molar-refractivity contribution in [2.45, 2.75) is 26.3 Å². The minimum Gasteiger partial charge on any atom is -0.495 e. The zero-order valence-corrected chi connectivity index (χ0v) is 14.0. The van der Waals surface area contributed by atoms with Crippen molar-refractivity contribution in [3.05, 3.63) is 53.9 Å². The fourth-order valence-corrected chi connectivity index (χ4v) is 2.04. The summed E-state index contributed by atoms with van der Waals surface area (Å²) in [5.41, 5.74) is 1.11. The Kier molecular flexibility index (Phi) is 5.89. The molecule has 0 radical (unpaired) electrons. The molecule has 0 bridgehead atoms. The van der Waals surface area contributed by atoms with Gasteiger partial charge in [0.15, 0.2) is 0 Å². The van der Waals surface area contributed by atoms with Crippen LogP contribution in [0.5, 0.6) is 5.75 Å². The fraction of sp³-hybridized carbons (Fsp3) is 0.278. The average molecular weight is 327 g/mol. The molecule has 0 aliphatic heterocycles. The molecule has 2 aromatic rings. The van der Waals surface area contributed by atoms with Gasteiger partial charge in [-0.05, 0) is 37.6 Å². The van der Waals surface area contributed by atoms with E-state index < -0.39 is 5.91 Å². The third-order valence-corrected chi connectivity index (χ3v) is 3.60. The number of rotatable bonds is 6. The number of hydrogen-bond donors (Lipinski definition) is 2. The lowest BCUT2D eigenvalue weighted by Crippen LogP contribution is -2.32. The molecule has 0 spiro atoms. The molecule has 0 saturated carbocycles. The topological polar surface area (TPSA) is 80.3 Å². The molecule has 6 nitrogen and oxygen atoms in total. The van der Waals surface area contributed by atoms with E-state index in [2.05, 4.69) is 15.6 Å². The van der Waals surface area contributed by atoms with Crippen LogP contribution in [0.1, 0.15) is 41.1 Å². The molecular weight excluding hydrogens is 306 g/mol. The molecule has 126 valence electrons. The van der Waals surface area contributed by atoms with E-state index in [9.17, 15) is 9.59 Å². The van der Waals surface area contributed by atoms with E-state index in [1.54, 1.807) is 24.3 Å². The quantitative estimate of drug-likeness (QED) is 0.855. The van der Waals surface area contributed by atoms with Crippen LogP contribution in [-0.4, -0.2) is 29.9 Å². The largest absolute Gasteiger partial charge is 0.495 e. The van der Waals surface area contributed by atoms with Crippen LogP contribution in [0, 0.1) is 0 Å². The number of methoxy groups -OCH3 is 1. The SMILES string of the molecule is CCC(C)NC(=O)c1ccnc(C(=O)Nc2ccccc2OC)c1. The number of benzene rings is 1. The van der Waals surface area contributed by atoms with Crippen molar-refractivity contribution < 1.29 is 14.3 Å². The van der Waals surface area contributed by atoms with Gasteiger partial charge in [0.25, 0.3) is 11.8 Å². The average Bonchev–Trinajstić information content (AvgIpc) is 2.62. The first-order valence-corrected chi connectivity index (χ1v) is 7.76. The van der Waals surface area contributed by atoms with Gasteiger partial charge in [-0.25, -0.2) is 0 Å². The van der Waals surface area contributed by atoms with E-state index in [-0.39, 0.29) is 17.6 Å². The molecule has 1 aromatic carbocycles. The molecule has 2 amide bonds. The minimum absolute atomic E-state index is 0.0662. The maximum atomic E-state index is 12.4. The van der Waals surface area contributed by atoms with Gasteiger partial charge < -0.3 is 15.4 Å². The highest BCUT2D eigenvalue weighted by atomic mass is 16.5. The number of nitrogens with one attached hydrogen (secondary N) is 2. The molecule has 0 saturated heterocycles. The molecule has 1 heterocycles. The van der Waals surface area contributed by atoms with Crippen LogP contribution in [0.2, 0.25) is 0 Å². The molecule has 24 heavy (non-hydrogen) atoms. The van der Waals surface area contributed by atoms with Crippen LogP contribution in [-0.2, 0) is 0 Å². The highest BCUT2D eigenvalue weighted by Gasteiger charge is 2.14. The summed E-state index contributed by atoms with van der Waals surface area (Å²) < 4.78 is 5.20. The molecule has 1 unspecified atom stereocenters. The second-order valence-electron chi connectivity index (χ2n) is 5.37. The Bertz CT molecular complexity index is 731. The normalized spacial score (nSPS) is 11.5. The Morgan fingerprint density at radius 2 is 1.96 bits per heavy atom. The maximum absolute atomic E-state index is 12.4. The number of amides is 2. The zero-order valence-electron chi connectivity index (χ0n) is 14.0. The number of carbonyl (C=O) groups is 2. The monoisotopic (exact) mass is 327 g/mol. The fourth-order valence-electron chi connectivity index (χ4n) is 2.04. The first kappa shape index (κ1) is 17.5. The summed E-state index contributed by atoms with van der Waals surface area (Å²) in [6, 6.07) is 10.2. The van der Waals surface area contributed by atoms with Crippen LogP contribution < -0.4 is 15.4 Å². The lowest BCUT2D eigenvalue weighted by molar-refractivity contribution is 0.0939. The van der Waals surface area contributed by atoms with Gasteiger partial charge in [-0.2, -0.15) is 0 Å². The smallest absolute Gasteiger partial charge is 0.274 e. The Balaban J connectivity index is 2.16. The molecule has 2 N–H and O–H groups in total. The third kappa shape index (κ3) is 4.32. The van der Waals surface area contributed by atoms with E-state index in [0.717, 1.165) is 6.42 Å². The highest BCUT2D eigenvalue weighted by Crippen LogP contribution is 2.23. The molecular formula is C18H21N3O3. The number of para-hydroxylation sites is 2. The molecule has 0 aliphatic rings. The van der Waals surface area contributed by atoms with Crippen molar-refractivity contribution in [1.29, 1.82) is 0 Å². The second-order valence-corrected chi connectivity index (χ2v) is 5.37. The van der Waals surface area contributed by atoms with E-state index in [0.29, 0.717) is 17.0 Å². The summed E-state index contributed by atoms with van der Waals surface area (Å²) in [5.74, 6) is -0.0766. The summed E-state index contributed by atoms with van der Waals surface area (Å²) in [6.07, 6.45) is 2.28. The van der Waals surface area contributed by atoms with Gasteiger partial charge in [0.05, 0.1) is 12.8 Å². The van der Waals surface area contributed by atoms with Gasteiger partial charge in [-0.15, -0.1) is 0 Å². The van der Waals surface area contributed by atoms with Crippen molar-refractivity contribution in [2.75, 3.05) is 12.4 Å². The Morgan fingerprint density at radius 3 is 2.67 bits per heavy atom. The summed E-state index contributed by atoms with van der Waals surface area (Å²) in [4.78, 5) is 28.6. The third-order valence-electron chi connectivity index (χ3n) is 3.60. The van der Waals surface area contributed by atoms with Crippen molar-refractivity contribution in [1.82, 2.24) is 10.3 Å². The number of ether oxygens (including phenoxy) is 1. The predicted octanol–water partition coefficient (Wildman–Crippen LogP) is 2.87. The van der Waals surface area contributed by atoms with Gasteiger partial charge >= 0.3 is 0 Å². The maximum Gasteiger partial charge on any atom is 0.274 e. The second kappa shape index (κ2) is 8.10. The van der Waals surface area contributed by atoms with E-state index in [1.165, 1.54) is 19.4 Å². The molecule has 6 heteroatoms. The van der Waals surface area contributed by atoms with Crippen LogP contribution in [0.25, 0.3) is 0 Å². The van der Waals surface area contributed by atoms with Gasteiger partial charge in [0.2, 0.25) is 0 Å². The van der Waals surface area contributed by atoms with Gasteiger partial charge in [-0.3, -0.25) is 14.6 Å². The van der Waals surface area contributed by atoms with Gasteiger partial charge in [0.1, 0.15) is 11.4 Å². The van der Waals surface area contributed by atoms with Crippen LogP contribution in [0.4, 0.5) is 5.69 Å². The van der Waals surface area contributed by atoms with Crippen LogP contribution in [0.15, 0.2) is 42.6 Å². The minimum atomic E-state index is -0.405. The summed E-state index contributed by atoms with van der Waals surface area (Å²) in [7, 11) is 1.53. The number of nitrogens with zero attached hydrogens (tertiary/aromatic N) is 1. The number of anilines is 1. The Labute approximate surface area is 141 Å². The van der Waals surface area contributed by atoms with Crippen molar-refractivity contribution in [2.24, 2.45) is 0 Å². The van der Waals surface area contributed by atoms with E-state index in [1.807, 2.05) is 19.9 Å². The van der Waals surface area contributed by atoms with Crippen molar-refractivity contribution in [3.63, 3.8) is 0 Å². The first-order chi connectivity index (χ1) is 11.5. The predicted molar refractivity (Wildman–Crippen MR) is 92.4 cm³/mol. The van der Waals surface area contributed by atoms with Crippen molar-refractivity contribution >= 4 is 17.5 Å². The Morgan fingerprint density at radius 1 is 1.21 bits per heavy atom. The summed E-state index contributed by atoms with van der Waals surface area (Å²) in [6.45, 7) is 3.91. The molecule has 2 rings (SSSR count). The van der Waals surface area contributed by atoms with Crippen LogP contribution in [0.3, 0.4) is 0 Å². The zero-order chi connectivity index (χ0) is 17.5. The lowest BCUT2D eigenvalue weighted by atomic mass is 10.2. The molecule has 1 aromatic heterocycles. The lowest BCUT2D eigenvalue weighted by Gasteiger charge is -2.12. The number of hydrogen-bond acceptors (Lipinski definition) is 4.